The van der Waals surface area contributed by atoms with Crippen molar-refractivity contribution in [1.29, 1.82) is 0 Å². The van der Waals surface area contributed by atoms with Crippen molar-refractivity contribution in [3.8, 4) is 28.6 Å². The highest BCUT2D eigenvalue weighted by atomic mass is 16.5. The van der Waals surface area contributed by atoms with E-state index >= 15 is 0 Å². The van der Waals surface area contributed by atoms with E-state index in [1.807, 2.05) is 49.4 Å². The number of Topliss-reactive ketones (excluding diaryl/α,β-unsaturated/α-hetero) is 1. The molecule has 5 nitrogen and oxygen atoms in total. The van der Waals surface area contributed by atoms with Crippen LogP contribution >= 0.6 is 0 Å². The molecule has 1 aromatic heterocycles. The summed E-state index contributed by atoms with van der Waals surface area (Å²) in [5.74, 6) is 4.33. The number of hydrogen-bond acceptors (Lipinski definition) is 5. The lowest BCUT2D eigenvalue weighted by Crippen LogP contribution is -2.00. The molecule has 0 radical (unpaired) electrons. The van der Waals surface area contributed by atoms with Crippen molar-refractivity contribution in [2.45, 2.75) is 45.4 Å². The molecule has 3 rings (SSSR count). The summed E-state index contributed by atoms with van der Waals surface area (Å²) in [6.07, 6.45) is 4.54. The molecular formula is C27H32O5. The van der Waals surface area contributed by atoms with Gasteiger partial charge in [-0.1, -0.05) is 6.07 Å². The Morgan fingerprint density at radius 2 is 1.50 bits per heavy atom. The lowest BCUT2D eigenvalue weighted by Gasteiger charge is -2.09. The number of benzene rings is 2. The molecule has 0 fully saturated rings. The van der Waals surface area contributed by atoms with Crippen LogP contribution in [0.1, 0.15) is 42.6 Å². The molecule has 1 heterocycles. The van der Waals surface area contributed by atoms with E-state index in [0.717, 1.165) is 71.1 Å². The first-order valence-electron chi connectivity index (χ1n) is 11.0. The molecule has 0 saturated carbocycles. The summed E-state index contributed by atoms with van der Waals surface area (Å²) in [6, 6.07) is 15.8. The summed E-state index contributed by atoms with van der Waals surface area (Å²) in [4.78, 5) is 12.3. The van der Waals surface area contributed by atoms with Crippen molar-refractivity contribution in [2.24, 2.45) is 0 Å². The molecule has 2 aromatic carbocycles. The van der Waals surface area contributed by atoms with Crippen LogP contribution in [0.15, 0.2) is 52.9 Å². The molecule has 0 atom stereocenters. The van der Waals surface area contributed by atoms with Crippen molar-refractivity contribution < 1.29 is 23.4 Å². The van der Waals surface area contributed by atoms with Crippen molar-refractivity contribution in [2.75, 3.05) is 21.3 Å². The summed E-state index contributed by atoms with van der Waals surface area (Å²) < 4.78 is 21.8. The van der Waals surface area contributed by atoms with E-state index in [0.29, 0.717) is 18.6 Å². The third-order valence-corrected chi connectivity index (χ3v) is 5.67. The lowest BCUT2D eigenvalue weighted by molar-refractivity contribution is -0.119. The number of ketones is 1. The van der Waals surface area contributed by atoms with Crippen LogP contribution in [-0.2, 0) is 17.6 Å². The number of rotatable bonds is 12. The molecule has 32 heavy (non-hydrogen) atoms. The molecule has 0 saturated heterocycles. The molecule has 0 unspecified atom stereocenters. The Morgan fingerprint density at radius 3 is 2.16 bits per heavy atom. The smallest absolute Gasteiger partial charge is 0.160 e. The van der Waals surface area contributed by atoms with Crippen molar-refractivity contribution in [3.05, 3.63) is 65.4 Å². The topological polar surface area (TPSA) is 57.9 Å². The predicted octanol–water partition coefficient (Wildman–Crippen LogP) is 6.20. The van der Waals surface area contributed by atoms with Gasteiger partial charge in [-0.25, -0.2) is 0 Å². The summed E-state index contributed by atoms with van der Waals surface area (Å²) in [7, 11) is 4.91. The molecule has 5 heteroatoms. The van der Waals surface area contributed by atoms with E-state index in [1.54, 1.807) is 21.3 Å². The predicted molar refractivity (Wildman–Crippen MR) is 126 cm³/mol. The van der Waals surface area contributed by atoms with Crippen LogP contribution in [0.25, 0.3) is 11.3 Å². The third kappa shape index (κ3) is 6.16. The van der Waals surface area contributed by atoms with Gasteiger partial charge in [0.25, 0.3) is 0 Å². The van der Waals surface area contributed by atoms with Crippen molar-refractivity contribution in [3.63, 3.8) is 0 Å². The first-order valence-corrected chi connectivity index (χ1v) is 11.0. The summed E-state index contributed by atoms with van der Waals surface area (Å²) >= 11 is 0. The molecule has 0 N–H and O–H groups in total. The van der Waals surface area contributed by atoms with Crippen LogP contribution < -0.4 is 14.2 Å². The number of aryl methyl sites for hydroxylation is 3. The van der Waals surface area contributed by atoms with E-state index in [4.69, 9.17) is 18.6 Å². The van der Waals surface area contributed by atoms with Gasteiger partial charge in [0.1, 0.15) is 23.1 Å². The number of furan rings is 1. The number of carbonyl (C=O) groups is 1. The normalized spacial score (nSPS) is 10.8. The largest absolute Gasteiger partial charge is 0.497 e. The van der Waals surface area contributed by atoms with Gasteiger partial charge < -0.3 is 18.6 Å². The number of ether oxygens (including phenoxy) is 3. The van der Waals surface area contributed by atoms with Crippen LogP contribution in [-0.4, -0.2) is 27.1 Å². The van der Waals surface area contributed by atoms with Gasteiger partial charge in [-0.05, 0) is 86.2 Å². The van der Waals surface area contributed by atoms with Gasteiger partial charge >= 0.3 is 0 Å². The van der Waals surface area contributed by atoms with Crippen molar-refractivity contribution in [1.82, 2.24) is 0 Å². The Morgan fingerprint density at radius 1 is 0.812 bits per heavy atom. The number of hydrogen-bond donors (Lipinski definition) is 0. The molecule has 0 amide bonds. The average Bonchev–Trinajstić information content (AvgIpc) is 3.19. The fourth-order valence-electron chi connectivity index (χ4n) is 3.79. The summed E-state index contributed by atoms with van der Waals surface area (Å²) in [5, 5.41) is 0. The minimum absolute atomic E-state index is 0.307. The highest BCUT2D eigenvalue weighted by Crippen LogP contribution is 2.29. The number of methoxy groups -OCH3 is 3. The zero-order valence-corrected chi connectivity index (χ0v) is 19.4. The standard InChI is InChI=1S/C27H32O5/c1-19-22(18-26(32-19)21-12-14-24(29-2)15-13-21)8-6-10-23(28)9-5-7-20-11-16-25(30-3)27(17-20)31-4/h11-18H,5-10H2,1-4H3. The van der Waals surface area contributed by atoms with Crippen LogP contribution in [0, 0.1) is 6.92 Å². The van der Waals surface area contributed by atoms with E-state index in [2.05, 4.69) is 6.07 Å². The Balaban J connectivity index is 1.43. The molecular weight excluding hydrogens is 404 g/mol. The van der Waals surface area contributed by atoms with Crippen LogP contribution in [0.3, 0.4) is 0 Å². The molecule has 0 aliphatic rings. The van der Waals surface area contributed by atoms with Gasteiger partial charge in [0.05, 0.1) is 21.3 Å². The summed E-state index contributed by atoms with van der Waals surface area (Å²) in [6.45, 7) is 1.98. The van der Waals surface area contributed by atoms with Gasteiger partial charge in [-0.15, -0.1) is 0 Å². The fourth-order valence-corrected chi connectivity index (χ4v) is 3.79. The molecule has 3 aromatic rings. The highest BCUT2D eigenvalue weighted by molar-refractivity contribution is 5.78. The first-order chi connectivity index (χ1) is 15.5. The van der Waals surface area contributed by atoms with Gasteiger partial charge in [0.2, 0.25) is 0 Å². The molecule has 170 valence electrons. The van der Waals surface area contributed by atoms with E-state index in [9.17, 15) is 4.79 Å². The maximum absolute atomic E-state index is 12.3. The van der Waals surface area contributed by atoms with Gasteiger partial charge in [0, 0.05) is 18.4 Å². The Kier molecular flexibility index (Phi) is 8.37. The SMILES string of the molecule is COc1ccc(-c2cc(CCCC(=O)CCCc3ccc(OC)c(OC)c3)c(C)o2)cc1. The maximum atomic E-state index is 12.3. The second kappa shape index (κ2) is 11.4. The van der Waals surface area contributed by atoms with E-state index in [1.165, 1.54) is 0 Å². The Labute approximate surface area is 190 Å². The van der Waals surface area contributed by atoms with Crippen LogP contribution in [0.4, 0.5) is 0 Å². The maximum Gasteiger partial charge on any atom is 0.160 e. The van der Waals surface area contributed by atoms with Gasteiger partial charge in [-0.3, -0.25) is 4.79 Å². The summed E-state index contributed by atoms with van der Waals surface area (Å²) in [5.41, 5.74) is 3.33. The molecule has 0 aliphatic carbocycles. The zero-order chi connectivity index (χ0) is 22.9. The third-order valence-electron chi connectivity index (χ3n) is 5.67. The van der Waals surface area contributed by atoms with Gasteiger partial charge in [-0.2, -0.15) is 0 Å². The van der Waals surface area contributed by atoms with Crippen molar-refractivity contribution >= 4 is 5.78 Å². The second-order valence-corrected chi connectivity index (χ2v) is 7.86. The lowest BCUT2D eigenvalue weighted by atomic mass is 10.0. The average molecular weight is 437 g/mol. The minimum Gasteiger partial charge on any atom is -0.497 e. The van der Waals surface area contributed by atoms with Crippen LogP contribution in [0.5, 0.6) is 17.2 Å². The quantitative estimate of drug-likeness (QED) is 0.338. The molecule has 0 aliphatic heterocycles. The first kappa shape index (κ1) is 23.5. The second-order valence-electron chi connectivity index (χ2n) is 7.86. The monoisotopic (exact) mass is 436 g/mol. The Hall–Kier alpha value is -3.21. The minimum atomic E-state index is 0.307. The fraction of sp³-hybridized carbons (Fsp3) is 0.370. The van der Waals surface area contributed by atoms with E-state index < -0.39 is 0 Å². The molecule has 0 bridgehead atoms. The zero-order valence-electron chi connectivity index (χ0n) is 19.4. The Bertz CT molecular complexity index is 1020. The number of carbonyl (C=O) groups excluding carboxylic acids is 1. The van der Waals surface area contributed by atoms with E-state index in [-0.39, 0.29) is 0 Å². The highest BCUT2D eigenvalue weighted by Gasteiger charge is 2.11. The van der Waals surface area contributed by atoms with Gasteiger partial charge in [0.15, 0.2) is 11.5 Å². The van der Waals surface area contributed by atoms with Crippen LogP contribution in [0.2, 0.25) is 0 Å². The molecule has 0 spiro atoms.